The van der Waals surface area contributed by atoms with Gasteiger partial charge in [0.1, 0.15) is 16.4 Å². The van der Waals surface area contributed by atoms with E-state index in [0.717, 1.165) is 6.42 Å². The van der Waals surface area contributed by atoms with Gasteiger partial charge in [0.15, 0.2) is 0 Å². The number of nitrogens with one attached hydrogen (secondary N) is 1. The average Bonchev–Trinajstić information content (AvgIpc) is 2.88. The van der Waals surface area contributed by atoms with Gasteiger partial charge in [-0.1, -0.05) is 23.2 Å². The van der Waals surface area contributed by atoms with Crippen LogP contribution in [0, 0.1) is 0 Å². The molecule has 1 aromatic heterocycles. The smallest absolute Gasteiger partial charge is 0.271 e. The lowest BCUT2D eigenvalue weighted by Crippen LogP contribution is -2.45. The molecule has 7 heteroatoms. The summed E-state index contributed by atoms with van der Waals surface area (Å²) in [6.07, 6.45) is 0.737. The Hall–Kier alpha value is -0.880. The summed E-state index contributed by atoms with van der Waals surface area (Å²) < 4.78 is 10.7. The summed E-state index contributed by atoms with van der Waals surface area (Å²) in [5.41, 5.74) is -0.361. The van der Waals surface area contributed by atoms with Gasteiger partial charge in [0, 0.05) is 26.7 Å². The largest absolute Gasteiger partial charge is 0.378 e. The maximum absolute atomic E-state index is 12.0. The zero-order valence-corrected chi connectivity index (χ0v) is 11.9. The first-order valence-electron chi connectivity index (χ1n) is 5.79. The van der Waals surface area contributed by atoms with Crippen LogP contribution in [0.25, 0.3) is 0 Å². The third kappa shape index (κ3) is 3.36. The van der Waals surface area contributed by atoms with Crippen LogP contribution in [-0.2, 0) is 9.47 Å². The fourth-order valence-electron chi connectivity index (χ4n) is 1.86. The summed E-state index contributed by atoms with van der Waals surface area (Å²) in [7, 11) is 1.60. The summed E-state index contributed by atoms with van der Waals surface area (Å²) in [5.74, 6) is -0.379. The van der Waals surface area contributed by atoms with Crippen molar-refractivity contribution in [2.45, 2.75) is 12.0 Å². The SMILES string of the molecule is COC1(CNC(=O)c2nc(Cl)ccc2Cl)CCOC1. The van der Waals surface area contributed by atoms with E-state index in [1.54, 1.807) is 7.11 Å². The minimum atomic E-state index is -0.472. The second kappa shape index (κ2) is 6.05. The van der Waals surface area contributed by atoms with Crippen molar-refractivity contribution in [1.82, 2.24) is 10.3 Å². The Morgan fingerprint density at radius 3 is 3.00 bits per heavy atom. The Balaban J connectivity index is 2.03. The summed E-state index contributed by atoms with van der Waals surface area (Å²) in [6.45, 7) is 1.42. The number of aromatic nitrogens is 1. The molecule has 0 radical (unpaired) electrons. The van der Waals surface area contributed by atoms with Gasteiger partial charge in [-0.15, -0.1) is 0 Å². The Morgan fingerprint density at radius 1 is 1.58 bits per heavy atom. The number of hydrogen-bond donors (Lipinski definition) is 1. The standard InChI is InChI=1S/C12H14Cl2N2O3/c1-18-12(4-5-19-7-12)6-15-11(17)10-8(13)2-3-9(14)16-10/h2-3H,4-7H2,1H3,(H,15,17). The van der Waals surface area contributed by atoms with Crippen LogP contribution in [0.1, 0.15) is 16.9 Å². The zero-order valence-electron chi connectivity index (χ0n) is 10.4. The van der Waals surface area contributed by atoms with Crippen LogP contribution in [0.15, 0.2) is 12.1 Å². The molecule has 0 aliphatic carbocycles. The predicted molar refractivity (Wildman–Crippen MR) is 71.8 cm³/mol. The van der Waals surface area contributed by atoms with Gasteiger partial charge in [-0.2, -0.15) is 0 Å². The lowest BCUT2D eigenvalue weighted by molar-refractivity contribution is -0.0149. The maximum atomic E-state index is 12.0. The average molecular weight is 305 g/mol. The van der Waals surface area contributed by atoms with Gasteiger partial charge < -0.3 is 14.8 Å². The van der Waals surface area contributed by atoms with Gasteiger partial charge in [0.2, 0.25) is 0 Å². The van der Waals surface area contributed by atoms with Gasteiger partial charge in [0.25, 0.3) is 5.91 Å². The van der Waals surface area contributed by atoms with E-state index in [9.17, 15) is 4.79 Å². The van der Waals surface area contributed by atoms with E-state index < -0.39 is 5.60 Å². The van der Waals surface area contributed by atoms with Crippen molar-refractivity contribution in [2.75, 3.05) is 26.9 Å². The molecule has 1 aromatic rings. The number of amides is 1. The van der Waals surface area contributed by atoms with Crippen molar-refractivity contribution in [3.63, 3.8) is 0 Å². The van der Waals surface area contributed by atoms with Crippen LogP contribution in [0.2, 0.25) is 10.2 Å². The normalized spacial score (nSPS) is 22.5. The number of methoxy groups -OCH3 is 1. The minimum absolute atomic E-state index is 0.110. The molecule has 0 aromatic carbocycles. The van der Waals surface area contributed by atoms with Crippen LogP contribution in [0.3, 0.4) is 0 Å². The van der Waals surface area contributed by atoms with E-state index in [2.05, 4.69) is 10.3 Å². The Labute approximate surface area is 121 Å². The number of rotatable bonds is 4. The molecule has 1 aliphatic rings. The van der Waals surface area contributed by atoms with Crippen molar-refractivity contribution in [2.24, 2.45) is 0 Å². The second-order valence-corrected chi connectivity index (χ2v) is 5.13. The van der Waals surface area contributed by atoms with Gasteiger partial charge in [-0.05, 0) is 12.1 Å². The molecule has 104 valence electrons. The molecule has 2 heterocycles. The minimum Gasteiger partial charge on any atom is -0.378 e. The van der Waals surface area contributed by atoms with E-state index in [1.807, 2.05) is 0 Å². The highest BCUT2D eigenvalue weighted by Gasteiger charge is 2.35. The Morgan fingerprint density at radius 2 is 2.37 bits per heavy atom. The number of ether oxygens (including phenoxy) is 2. The quantitative estimate of drug-likeness (QED) is 0.864. The van der Waals surface area contributed by atoms with Crippen molar-refractivity contribution in [3.05, 3.63) is 28.0 Å². The second-order valence-electron chi connectivity index (χ2n) is 4.34. The topological polar surface area (TPSA) is 60.5 Å². The van der Waals surface area contributed by atoms with E-state index in [0.29, 0.717) is 19.8 Å². The number of carbonyl (C=O) groups excluding carboxylic acids is 1. The first kappa shape index (κ1) is 14.5. The molecule has 0 bridgehead atoms. The summed E-state index contributed by atoms with van der Waals surface area (Å²) in [4.78, 5) is 15.9. The maximum Gasteiger partial charge on any atom is 0.271 e. The van der Waals surface area contributed by atoms with Crippen LogP contribution in [-0.4, -0.2) is 43.4 Å². The Kier molecular flexibility index (Phi) is 4.62. The molecule has 0 spiro atoms. The number of pyridine rings is 1. The lowest BCUT2D eigenvalue weighted by atomic mass is 10.0. The highest BCUT2D eigenvalue weighted by molar-refractivity contribution is 6.34. The van der Waals surface area contributed by atoms with Crippen LogP contribution in [0.4, 0.5) is 0 Å². The highest BCUT2D eigenvalue weighted by Crippen LogP contribution is 2.22. The molecule has 1 fully saturated rings. The molecule has 1 aliphatic heterocycles. The number of hydrogen-bond acceptors (Lipinski definition) is 4. The molecule has 1 atom stereocenters. The van der Waals surface area contributed by atoms with Crippen molar-refractivity contribution < 1.29 is 14.3 Å². The van der Waals surface area contributed by atoms with Gasteiger partial charge >= 0.3 is 0 Å². The first-order valence-corrected chi connectivity index (χ1v) is 6.55. The molecule has 0 saturated carbocycles. The van der Waals surface area contributed by atoms with Crippen LogP contribution >= 0.6 is 23.2 Å². The fraction of sp³-hybridized carbons (Fsp3) is 0.500. The third-order valence-corrected chi connectivity index (χ3v) is 3.61. The number of carbonyl (C=O) groups is 1. The monoisotopic (exact) mass is 304 g/mol. The summed E-state index contributed by atoms with van der Waals surface area (Å²) in [6, 6.07) is 3.07. The number of halogens is 2. The van der Waals surface area contributed by atoms with E-state index in [4.69, 9.17) is 32.7 Å². The summed E-state index contributed by atoms with van der Waals surface area (Å²) in [5, 5.41) is 3.23. The van der Waals surface area contributed by atoms with E-state index >= 15 is 0 Å². The third-order valence-electron chi connectivity index (χ3n) is 3.10. The predicted octanol–water partition coefficient (Wildman–Crippen LogP) is 1.92. The van der Waals surface area contributed by atoms with E-state index in [1.165, 1.54) is 12.1 Å². The lowest BCUT2D eigenvalue weighted by Gasteiger charge is -2.25. The molecule has 1 N–H and O–H groups in total. The fourth-order valence-corrected chi connectivity index (χ4v) is 2.20. The van der Waals surface area contributed by atoms with Crippen LogP contribution in [0.5, 0.6) is 0 Å². The molecular formula is C12H14Cl2N2O3. The van der Waals surface area contributed by atoms with Crippen LogP contribution < -0.4 is 5.32 Å². The highest BCUT2D eigenvalue weighted by atomic mass is 35.5. The molecule has 2 rings (SSSR count). The molecular weight excluding hydrogens is 291 g/mol. The molecule has 1 saturated heterocycles. The molecule has 19 heavy (non-hydrogen) atoms. The Bertz CT molecular complexity index is 476. The van der Waals surface area contributed by atoms with Gasteiger partial charge in [-0.25, -0.2) is 4.98 Å². The van der Waals surface area contributed by atoms with Gasteiger partial charge in [-0.3, -0.25) is 4.79 Å². The number of nitrogens with zero attached hydrogens (tertiary/aromatic N) is 1. The summed E-state index contributed by atoms with van der Waals surface area (Å²) >= 11 is 11.7. The molecule has 1 amide bonds. The van der Waals surface area contributed by atoms with E-state index in [-0.39, 0.29) is 21.8 Å². The molecule has 1 unspecified atom stereocenters. The van der Waals surface area contributed by atoms with Crippen molar-refractivity contribution in [1.29, 1.82) is 0 Å². The van der Waals surface area contributed by atoms with Crippen molar-refractivity contribution >= 4 is 29.1 Å². The first-order chi connectivity index (χ1) is 9.06. The van der Waals surface area contributed by atoms with Crippen molar-refractivity contribution in [3.8, 4) is 0 Å². The zero-order chi connectivity index (χ0) is 13.9. The molecule has 5 nitrogen and oxygen atoms in total. The van der Waals surface area contributed by atoms with Gasteiger partial charge in [0.05, 0.1) is 11.6 Å².